The highest BCUT2D eigenvalue weighted by atomic mass is 35.5. The van der Waals surface area contributed by atoms with Crippen molar-refractivity contribution in [2.24, 2.45) is 5.41 Å². The van der Waals surface area contributed by atoms with Gasteiger partial charge in [0.25, 0.3) is 0 Å². The molecule has 0 N–H and O–H groups in total. The van der Waals surface area contributed by atoms with Crippen molar-refractivity contribution in [3.63, 3.8) is 0 Å². The minimum absolute atomic E-state index is 0.0382. The number of sulfone groups is 1. The lowest BCUT2D eigenvalue weighted by Crippen LogP contribution is -2.46. The molecule has 0 amide bonds. The van der Waals surface area contributed by atoms with Gasteiger partial charge >= 0.3 is 0 Å². The quantitative estimate of drug-likeness (QED) is 0.735. The lowest BCUT2D eigenvalue weighted by molar-refractivity contribution is 0.172. The molecule has 2 fully saturated rings. The molecule has 2 heterocycles. The molecule has 1 aromatic rings. The van der Waals surface area contributed by atoms with Gasteiger partial charge in [0.15, 0.2) is 9.84 Å². The SMILES string of the molecule is COc1cc(OC)c(S(=O)(=O)N2CCCC3(CCS(=O)(=O)C3)C2)cc1Cl. The highest BCUT2D eigenvalue weighted by Gasteiger charge is 2.47. The molecule has 1 spiro atoms. The largest absolute Gasteiger partial charge is 0.495 e. The fraction of sp³-hybridized carbons (Fsp3) is 0.625. The molecular formula is C16H22ClNO6S2. The molecule has 10 heteroatoms. The molecule has 2 aliphatic heterocycles. The van der Waals surface area contributed by atoms with E-state index in [0.29, 0.717) is 25.1 Å². The van der Waals surface area contributed by atoms with Crippen LogP contribution in [0.25, 0.3) is 0 Å². The standard InChI is InChI=1S/C16H22ClNO6S2/c1-23-13-9-14(24-2)15(8-12(13)17)26(21,22)18-6-3-4-16(10-18)5-7-25(19,20)11-16/h8-9H,3-7,10-11H2,1-2H3. The summed E-state index contributed by atoms with van der Waals surface area (Å²) in [6.07, 6.45) is 1.85. The summed E-state index contributed by atoms with van der Waals surface area (Å²) >= 11 is 6.12. The van der Waals surface area contributed by atoms with Gasteiger partial charge < -0.3 is 9.47 Å². The van der Waals surface area contributed by atoms with E-state index in [1.807, 2.05) is 0 Å². The van der Waals surface area contributed by atoms with Gasteiger partial charge in [-0.3, -0.25) is 0 Å². The maximum atomic E-state index is 13.2. The smallest absolute Gasteiger partial charge is 0.246 e. The Morgan fingerprint density at radius 3 is 2.42 bits per heavy atom. The molecule has 1 unspecified atom stereocenters. The first-order valence-electron chi connectivity index (χ1n) is 8.25. The second kappa shape index (κ2) is 6.85. The predicted octanol–water partition coefficient (Wildman–Crippen LogP) is 1.95. The molecule has 2 aliphatic rings. The summed E-state index contributed by atoms with van der Waals surface area (Å²) in [6.45, 7) is 0.540. The number of halogens is 1. The van der Waals surface area contributed by atoms with Crippen molar-refractivity contribution in [3.8, 4) is 11.5 Å². The minimum atomic E-state index is -3.88. The van der Waals surface area contributed by atoms with Gasteiger partial charge in [0.05, 0.1) is 30.7 Å². The number of methoxy groups -OCH3 is 2. The van der Waals surface area contributed by atoms with Crippen molar-refractivity contribution < 1.29 is 26.3 Å². The van der Waals surface area contributed by atoms with E-state index in [0.717, 1.165) is 6.42 Å². The first kappa shape index (κ1) is 19.7. The summed E-state index contributed by atoms with van der Waals surface area (Å²) < 4.78 is 62.0. The minimum Gasteiger partial charge on any atom is -0.495 e. The van der Waals surface area contributed by atoms with Gasteiger partial charge in [-0.05, 0) is 30.7 Å². The predicted molar refractivity (Wildman–Crippen MR) is 98.3 cm³/mol. The molecule has 0 radical (unpaired) electrons. The van der Waals surface area contributed by atoms with Crippen LogP contribution in [0.4, 0.5) is 0 Å². The highest BCUT2D eigenvalue weighted by Crippen LogP contribution is 2.43. The van der Waals surface area contributed by atoms with Crippen LogP contribution in [0, 0.1) is 5.41 Å². The Morgan fingerprint density at radius 1 is 1.15 bits per heavy atom. The lowest BCUT2D eigenvalue weighted by Gasteiger charge is -2.39. The zero-order chi connectivity index (χ0) is 19.2. The van der Waals surface area contributed by atoms with Crippen molar-refractivity contribution in [2.75, 3.05) is 38.8 Å². The second-order valence-corrected chi connectivity index (χ2v) is 11.4. The van der Waals surface area contributed by atoms with Crippen LogP contribution in [-0.4, -0.2) is 60.0 Å². The monoisotopic (exact) mass is 423 g/mol. The summed E-state index contributed by atoms with van der Waals surface area (Å²) in [6, 6.07) is 2.76. The van der Waals surface area contributed by atoms with Crippen LogP contribution in [0.15, 0.2) is 17.0 Å². The molecule has 2 saturated heterocycles. The third-order valence-electron chi connectivity index (χ3n) is 5.15. The van der Waals surface area contributed by atoms with E-state index in [9.17, 15) is 16.8 Å². The van der Waals surface area contributed by atoms with Crippen LogP contribution in [0.2, 0.25) is 5.02 Å². The number of hydrogen-bond acceptors (Lipinski definition) is 6. The van der Waals surface area contributed by atoms with E-state index in [1.54, 1.807) is 0 Å². The van der Waals surface area contributed by atoms with Crippen molar-refractivity contribution in [1.29, 1.82) is 0 Å². The summed E-state index contributed by atoms with van der Waals surface area (Å²) in [5.41, 5.74) is -0.492. The Bertz CT molecular complexity index is 915. The Balaban J connectivity index is 1.97. The molecule has 0 bridgehead atoms. The summed E-state index contributed by atoms with van der Waals surface area (Å²) in [4.78, 5) is -0.0382. The van der Waals surface area contributed by atoms with Crippen molar-refractivity contribution >= 4 is 31.5 Å². The molecule has 7 nitrogen and oxygen atoms in total. The third kappa shape index (κ3) is 3.54. The Kier molecular flexibility index (Phi) is 5.20. The van der Waals surface area contributed by atoms with Gasteiger partial charge in [0, 0.05) is 19.2 Å². The normalized spacial score (nSPS) is 26.1. The molecule has 0 saturated carbocycles. The highest BCUT2D eigenvalue weighted by molar-refractivity contribution is 7.91. The van der Waals surface area contributed by atoms with Gasteiger partial charge in [-0.1, -0.05) is 11.6 Å². The van der Waals surface area contributed by atoms with Gasteiger partial charge in [0.2, 0.25) is 10.0 Å². The number of sulfonamides is 1. The number of hydrogen-bond donors (Lipinski definition) is 0. The summed E-state index contributed by atoms with van der Waals surface area (Å²) in [7, 11) is -4.17. The number of ether oxygens (including phenoxy) is 2. The Morgan fingerprint density at radius 2 is 1.85 bits per heavy atom. The van der Waals surface area contributed by atoms with Crippen LogP contribution in [0.1, 0.15) is 19.3 Å². The first-order valence-corrected chi connectivity index (χ1v) is 11.9. The van der Waals surface area contributed by atoms with Crippen LogP contribution in [0.5, 0.6) is 11.5 Å². The van der Waals surface area contributed by atoms with Crippen LogP contribution >= 0.6 is 11.6 Å². The average Bonchev–Trinajstić information content (AvgIpc) is 2.88. The Hall–Kier alpha value is -1.03. The molecule has 0 aromatic heterocycles. The van der Waals surface area contributed by atoms with E-state index < -0.39 is 25.3 Å². The zero-order valence-corrected chi connectivity index (χ0v) is 17.1. The maximum Gasteiger partial charge on any atom is 0.246 e. The molecule has 1 aromatic carbocycles. The van der Waals surface area contributed by atoms with Crippen molar-refractivity contribution in [3.05, 3.63) is 17.2 Å². The lowest BCUT2D eigenvalue weighted by atomic mass is 9.80. The van der Waals surface area contributed by atoms with Crippen LogP contribution in [0.3, 0.4) is 0 Å². The van der Waals surface area contributed by atoms with E-state index >= 15 is 0 Å². The summed E-state index contributed by atoms with van der Waals surface area (Å²) in [5.74, 6) is 0.634. The number of piperidine rings is 1. The van der Waals surface area contributed by atoms with E-state index in [-0.39, 0.29) is 33.7 Å². The maximum absolute atomic E-state index is 13.2. The van der Waals surface area contributed by atoms with Gasteiger partial charge in [-0.25, -0.2) is 16.8 Å². The summed E-state index contributed by atoms with van der Waals surface area (Å²) in [5, 5.41) is 0.169. The van der Waals surface area contributed by atoms with Gasteiger partial charge in [0.1, 0.15) is 16.4 Å². The molecule has 1 atom stereocenters. The van der Waals surface area contributed by atoms with Crippen LogP contribution in [-0.2, 0) is 19.9 Å². The van der Waals surface area contributed by atoms with Gasteiger partial charge in [-0.2, -0.15) is 4.31 Å². The average molecular weight is 424 g/mol. The second-order valence-electron chi connectivity index (χ2n) is 6.92. The van der Waals surface area contributed by atoms with Crippen molar-refractivity contribution in [2.45, 2.75) is 24.2 Å². The topological polar surface area (TPSA) is 90.0 Å². The first-order chi connectivity index (χ1) is 12.1. The Labute approximate surface area is 159 Å². The number of nitrogens with zero attached hydrogens (tertiary/aromatic N) is 1. The van der Waals surface area contributed by atoms with Crippen molar-refractivity contribution in [1.82, 2.24) is 4.31 Å². The molecule has 146 valence electrons. The van der Waals surface area contributed by atoms with E-state index in [1.165, 1.54) is 30.7 Å². The molecular weight excluding hydrogens is 402 g/mol. The molecule has 26 heavy (non-hydrogen) atoms. The molecule has 0 aliphatic carbocycles. The fourth-order valence-corrected chi connectivity index (χ4v) is 8.11. The third-order valence-corrected chi connectivity index (χ3v) is 9.19. The molecule has 3 rings (SSSR count). The van der Waals surface area contributed by atoms with E-state index in [4.69, 9.17) is 21.1 Å². The van der Waals surface area contributed by atoms with Gasteiger partial charge in [-0.15, -0.1) is 0 Å². The van der Waals surface area contributed by atoms with Crippen LogP contribution < -0.4 is 9.47 Å². The number of benzene rings is 1. The number of rotatable bonds is 4. The zero-order valence-electron chi connectivity index (χ0n) is 14.7. The van der Waals surface area contributed by atoms with E-state index in [2.05, 4.69) is 0 Å². The fourth-order valence-electron chi connectivity index (χ4n) is 3.85.